The Balaban J connectivity index is 1.37. The Morgan fingerprint density at radius 1 is 1.17 bits per heavy atom. The Hall–Kier alpha value is -2.30. The number of aryl methyl sites for hydroxylation is 1. The minimum Gasteiger partial charge on any atom is -0.390 e. The third-order valence-electron chi connectivity index (χ3n) is 7.96. The zero-order valence-corrected chi connectivity index (χ0v) is 22.0. The maximum absolute atomic E-state index is 13.5. The Kier molecular flexibility index (Phi) is 6.08. The summed E-state index contributed by atoms with van der Waals surface area (Å²) in [6, 6.07) is 9.69. The summed E-state index contributed by atoms with van der Waals surface area (Å²) in [5, 5.41) is 10.3. The number of hydrogen-bond donors (Lipinski definition) is 1. The number of likely N-dealkylation sites (tertiary alicyclic amines) is 1. The number of aliphatic hydroxyl groups is 1. The van der Waals surface area contributed by atoms with Gasteiger partial charge in [-0.3, -0.25) is 4.90 Å². The van der Waals surface area contributed by atoms with Gasteiger partial charge in [0.1, 0.15) is 0 Å². The summed E-state index contributed by atoms with van der Waals surface area (Å²) < 4.78 is 55.1. The lowest BCUT2D eigenvalue weighted by Gasteiger charge is -2.37. The molecule has 0 radical (unpaired) electrons. The molecule has 0 bridgehead atoms. The summed E-state index contributed by atoms with van der Waals surface area (Å²) in [4.78, 5) is 7.06. The Bertz CT molecular complexity index is 1270. The molecular weight excluding hydrogens is 486 g/mol. The Labute approximate surface area is 211 Å². The van der Waals surface area contributed by atoms with Crippen molar-refractivity contribution in [3.8, 4) is 11.3 Å². The van der Waals surface area contributed by atoms with Gasteiger partial charge in [-0.15, -0.1) is 0 Å². The van der Waals surface area contributed by atoms with Gasteiger partial charge >= 0.3 is 10.2 Å². The fraction of sp³-hybridized carbons (Fsp3) is 0.577. The minimum absolute atomic E-state index is 0.244. The number of benzene rings is 1. The van der Waals surface area contributed by atoms with Crippen molar-refractivity contribution in [3.63, 3.8) is 0 Å². The van der Waals surface area contributed by atoms with Crippen molar-refractivity contribution in [3.05, 3.63) is 41.5 Å². The first-order valence-electron chi connectivity index (χ1n) is 12.5. The summed E-state index contributed by atoms with van der Waals surface area (Å²) >= 11 is 0. The number of rotatable bonds is 6. The van der Waals surface area contributed by atoms with Crippen molar-refractivity contribution in [1.29, 1.82) is 0 Å². The third kappa shape index (κ3) is 4.59. The molecule has 2 aromatic rings. The number of hydrogen-bond acceptors (Lipinski definition) is 5. The van der Waals surface area contributed by atoms with E-state index in [0.717, 1.165) is 57.8 Å². The molecule has 1 unspecified atom stereocenters. The van der Waals surface area contributed by atoms with Crippen LogP contribution in [0.4, 0.5) is 20.3 Å². The molecule has 7 nitrogen and oxygen atoms in total. The normalized spacial score (nSPS) is 23.7. The number of alkyl halides is 2. The fourth-order valence-electron chi connectivity index (χ4n) is 5.36. The second-order valence-electron chi connectivity index (χ2n) is 11.1. The van der Waals surface area contributed by atoms with Crippen LogP contribution in [0.5, 0.6) is 0 Å². The molecule has 3 heterocycles. The van der Waals surface area contributed by atoms with Gasteiger partial charge in [0.05, 0.1) is 17.0 Å². The molecule has 1 saturated heterocycles. The Morgan fingerprint density at radius 2 is 1.83 bits per heavy atom. The predicted molar refractivity (Wildman–Crippen MR) is 136 cm³/mol. The summed E-state index contributed by atoms with van der Waals surface area (Å²) in [6.07, 6.45) is 1.63. The summed E-state index contributed by atoms with van der Waals surface area (Å²) in [6.45, 7) is 8.14. The van der Waals surface area contributed by atoms with Gasteiger partial charge in [-0.1, -0.05) is 12.1 Å². The molecular formula is C26H34F2N4O3S. The van der Waals surface area contributed by atoms with Crippen LogP contribution >= 0.6 is 0 Å². The van der Waals surface area contributed by atoms with Crippen LogP contribution in [0.3, 0.4) is 0 Å². The van der Waals surface area contributed by atoms with Gasteiger partial charge in [0.2, 0.25) is 0 Å². The molecule has 1 saturated carbocycles. The molecule has 36 heavy (non-hydrogen) atoms. The standard InChI is InChI=1S/C26H34F2N4O3S/c1-17-5-6-18(15-31-11-9-19(10-12-31)25(2,3)33)13-21(17)22-7-8-23-24(29-22)30(4)36(34,35)32(23)16-20-14-26(20,27)28/h5-8,13,19-20,33H,9-12,14-16H2,1-4H3. The zero-order chi connectivity index (χ0) is 26.0. The molecule has 0 spiro atoms. The molecule has 2 fully saturated rings. The van der Waals surface area contributed by atoms with Gasteiger partial charge in [0.15, 0.2) is 5.82 Å². The minimum atomic E-state index is -3.94. The van der Waals surface area contributed by atoms with Crippen LogP contribution < -0.4 is 8.61 Å². The molecule has 3 aliphatic rings. The molecule has 1 aromatic carbocycles. The molecule has 5 rings (SSSR count). The van der Waals surface area contributed by atoms with Gasteiger partial charge in [0, 0.05) is 38.0 Å². The molecule has 1 atom stereocenters. The largest absolute Gasteiger partial charge is 0.390 e. The van der Waals surface area contributed by atoms with Crippen LogP contribution in [0, 0.1) is 18.8 Å². The van der Waals surface area contributed by atoms with Gasteiger partial charge in [-0.05, 0) is 81.9 Å². The highest BCUT2D eigenvalue weighted by Gasteiger charge is 2.59. The summed E-state index contributed by atoms with van der Waals surface area (Å²) in [5.41, 5.74) is 3.41. The lowest BCUT2D eigenvalue weighted by molar-refractivity contribution is -0.0136. The van der Waals surface area contributed by atoms with Crippen LogP contribution in [-0.4, -0.2) is 61.6 Å². The van der Waals surface area contributed by atoms with Crippen LogP contribution in [0.15, 0.2) is 30.3 Å². The third-order valence-corrected chi connectivity index (χ3v) is 9.73. The van der Waals surface area contributed by atoms with E-state index in [-0.39, 0.29) is 18.8 Å². The monoisotopic (exact) mass is 520 g/mol. The second-order valence-corrected chi connectivity index (χ2v) is 12.9. The van der Waals surface area contributed by atoms with Crippen molar-refractivity contribution in [2.45, 2.75) is 58.1 Å². The molecule has 10 heteroatoms. The van der Waals surface area contributed by atoms with E-state index in [4.69, 9.17) is 0 Å². The number of anilines is 2. The van der Waals surface area contributed by atoms with Crippen molar-refractivity contribution in [2.75, 3.05) is 35.3 Å². The highest BCUT2D eigenvalue weighted by molar-refractivity contribution is 7.94. The summed E-state index contributed by atoms with van der Waals surface area (Å²) in [7, 11) is -2.52. The van der Waals surface area contributed by atoms with E-state index in [2.05, 4.69) is 22.0 Å². The summed E-state index contributed by atoms with van der Waals surface area (Å²) in [5.74, 6) is -3.20. The molecule has 1 aromatic heterocycles. The number of pyridine rings is 1. The van der Waals surface area contributed by atoms with Gasteiger partial charge in [-0.2, -0.15) is 8.42 Å². The smallest absolute Gasteiger partial charge is 0.327 e. The van der Waals surface area contributed by atoms with Crippen LogP contribution in [0.25, 0.3) is 11.3 Å². The number of piperidine rings is 1. The second kappa shape index (κ2) is 8.63. The maximum atomic E-state index is 13.5. The fourth-order valence-corrected chi connectivity index (χ4v) is 6.77. The predicted octanol–water partition coefficient (Wildman–Crippen LogP) is 4.20. The Morgan fingerprint density at radius 3 is 2.44 bits per heavy atom. The lowest BCUT2D eigenvalue weighted by atomic mass is 9.83. The zero-order valence-electron chi connectivity index (χ0n) is 21.2. The number of aromatic nitrogens is 1. The van der Waals surface area contributed by atoms with Crippen molar-refractivity contribution in [1.82, 2.24) is 9.88 Å². The van der Waals surface area contributed by atoms with Gasteiger partial charge < -0.3 is 5.11 Å². The van der Waals surface area contributed by atoms with E-state index in [1.54, 1.807) is 12.1 Å². The van der Waals surface area contributed by atoms with Crippen molar-refractivity contribution in [2.24, 2.45) is 11.8 Å². The molecule has 196 valence electrons. The quantitative estimate of drug-likeness (QED) is 0.618. The number of fused-ring (bicyclic) bond motifs is 1. The van der Waals surface area contributed by atoms with Crippen LogP contribution in [-0.2, 0) is 16.8 Å². The molecule has 1 aliphatic carbocycles. The van der Waals surface area contributed by atoms with E-state index >= 15 is 0 Å². The number of halogens is 2. The van der Waals surface area contributed by atoms with Crippen molar-refractivity contribution >= 4 is 21.7 Å². The number of nitrogens with zero attached hydrogens (tertiary/aromatic N) is 4. The average Bonchev–Trinajstić information content (AvgIpc) is 3.37. The average molecular weight is 521 g/mol. The van der Waals surface area contributed by atoms with E-state index in [1.807, 2.05) is 26.8 Å². The lowest BCUT2D eigenvalue weighted by Crippen LogP contribution is -2.41. The van der Waals surface area contributed by atoms with Crippen LogP contribution in [0.1, 0.15) is 44.2 Å². The molecule has 0 amide bonds. The first-order valence-corrected chi connectivity index (χ1v) is 13.9. The first-order chi connectivity index (χ1) is 16.8. The first kappa shape index (κ1) is 25.4. The maximum Gasteiger partial charge on any atom is 0.327 e. The van der Waals surface area contributed by atoms with Crippen molar-refractivity contribution < 1.29 is 22.3 Å². The van der Waals surface area contributed by atoms with Gasteiger partial charge in [0.25, 0.3) is 5.92 Å². The highest BCUT2D eigenvalue weighted by Crippen LogP contribution is 2.51. The van der Waals surface area contributed by atoms with E-state index in [9.17, 15) is 22.3 Å². The van der Waals surface area contributed by atoms with E-state index < -0.39 is 27.7 Å². The topological polar surface area (TPSA) is 77.0 Å². The highest BCUT2D eigenvalue weighted by atomic mass is 32.2. The molecule has 1 N–H and O–H groups in total. The SMILES string of the molecule is Cc1ccc(CN2CCC(C(C)(C)O)CC2)cc1-c1ccc2c(n1)N(C)S(=O)(=O)N2CC1CC1(F)F. The van der Waals surface area contributed by atoms with Crippen LogP contribution in [0.2, 0.25) is 0 Å². The van der Waals surface area contributed by atoms with E-state index in [1.165, 1.54) is 7.05 Å². The van der Waals surface area contributed by atoms with E-state index in [0.29, 0.717) is 17.3 Å². The molecule has 2 aliphatic heterocycles. The van der Waals surface area contributed by atoms with Gasteiger partial charge in [-0.25, -0.2) is 22.4 Å².